The van der Waals surface area contributed by atoms with Crippen LogP contribution < -0.4 is 10.6 Å². The monoisotopic (exact) mass is 486 g/mol. The summed E-state index contributed by atoms with van der Waals surface area (Å²) in [5.74, 6) is -1.76. The lowest BCUT2D eigenvalue weighted by atomic mass is 10.0. The summed E-state index contributed by atoms with van der Waals surface area (Å²) in [4.78, 5) is 39.3. The third-order valence-corrected chi connectivity index (χ3v) is 6.62. The maximum atomic E-state index is 13.2. The van der Waals surface area contributed by atoms with E-state index in [1.807, 2.05) is 4.57 Å². The molecule has 170 valence electrons. The van der Waals surface area contributed by atoms with Gasteiger partial charge in [-0.25, -0.2) is 0 Å². The van der Waals surface area contributed by atoms with Crippen LogP contribution in [-0.4, -0.2) is 37.6 Å². The Bertz CT molecular complexity index is 1270. The number of Topliss-reactive ketones (excluding diaryl/α,β-unsaturated/α-hetero) is 1. The average Bonchev–Trinajstić information content (AvgIpc) is 3.12. The molecule has 1 aliphatic heterocycles. The van der Waals surface area contributed by atoms with Gasteiger partial charge in [0.1, 0.15) is 11.4 Å². The number of nitrogens with one attached hydrogen (secondary N) is 3. The van der Waals surface area contributed by atoms with E-state index in [0.717, 1.165) is 6.42 Å². The zero-order chi connectivity index (χ0) is 23.3. The number of hydrogen-bond donors (Lipinski definition) is 3. The minimum atomic E-state index is -0.715. The van der Waals surface area contributed by atoms with Gasteiger partial charge in [-0.05, 0) is 56.4 Å². The highest BCUT2D eigenvalue weighted by Gasteiger charge is 2.49. The molecule has 3 aromatic rings. The van der Waals surface area contributed by atoms with Crippen LogP contribution in [0, 0.1) is 6.92 Å². The Labute approximate surface area is 198 Å². The molecule has 0 bridgehead atoms. The first-order valence-electron chi connectivity index (χ1n) is 10.5. The number of nitrogens with zero attached hydrogens (tertiary/aromatic N) is 3. The molecule has 1 saturated carbocycles. The van der Waals surface area contributed by atoms with Gasteiger partial charge < -0.3 is 15.2 Å². The molecule has 0 unspecified atom stereocenters. The molecule has 2 aromatic heterocycles. The number of hydrogen-bond acceptors (Lipinski definition) is 5. The molecule has 1 aromatic carbocycles. The predicted molar refractivity (Wildman–Crippen MR) is 122 cm³/mol. The molecular weight excluding hydrogens is 467 g/mol. The Morgan fingerprint density at radius 1 is 1.15 bits per heavy atom. The molecule has 9 nitrogen and oxygen atoms in total. The summed E-state index contributed by atoms with van der Waals surface area (Å²) in [6, 6.07) is 4.75. The van der Waals surface area contributed by atoms with Gasteiger partial charge in [0.05, 0.1) is 17.3 Å². The second kappa shape index (κ2) is 8.00. The van der Waals surface area contributed by atoms with E-state index in [0.29, 0.717) is 64.2 Å². The van der Waals surface area contributed by atoms with Crippen LogP contribution in [0.15, 0.2) is 24.4 Å². The van der Waals surface area contributed by atoms with Gasteiger partial charge >= 0.3 is 0 Å². The van der Waals surface area contributed by atoms with Crippen LogP contribution in [0.2, 0.25) is 10.0 Å². The maximum Gasteiger partial charge on any atom is 0.293 e. The van der Waals surface area contributed by atoms with Gasteiger partial charge in [-0.1, -0.05) is 23.2 Å². The fourth-order valence-electron chi connectivity index (χ4n) is 4.52. The molecular formula is C22H20Cl2N6O3. The largest absolute Gasteiger partial charge is 0.340 e. The van der Waals surface area contributed by atoms with Gasteiger partial charge in [0.2, 0.25) is 0 Å². The topological polar surface area (TPSA) is 122 Å². The van der Waals surface area contributed by atoms with Crippen molar-refractivity contribution in [1.29, 1.82) is 0 Å². The molecule has 3 heterocycles. The van der Waals surface area contributed by atoms with E-state index < -0.39 is 23.1 Å². The average molecular weight is 487 g/mol. The van der Waals surface area contributed by atoms with E-state index in [-0.39, 0.29) is 5.56 Å². The van der Waals surface area contributed by atoms with Gasteiger partial charge in [-0.2, -0.15) is 15.4 Å². The first-order valence-corrected chi connectivity index (χ1v) is 11.3. The number of halogens is 2. The summed E-state index contributed by atoms with van der Waals surface area (Å²) in [7, 11) is 0. The number of amides is 2. The van der Waals surface area contributed by atoms with Crippen molar-refractivity contribution in [3.05, 3.63) is 62.6 Å². The Morgan fingerprint density at radius 3 is 2.52 bits per heavy atom. The second-order valence-electron chi connectivity index (χ2n) is 8.38. The second-order valence-corrected chi connectivity index (χ2v) is 9.26. The fourth-order valence-corrected chi connectivity index (χ4v) is 5.05. The first-order chi connectivity index (χ1) is 15.8. The molecule has 11 heteroatoms. The van der Waals surface area contributed by atoms with Gasteiger partial charge in [-0.15, -0.1) is 0 Å². The van der Waals surface area contributed by atoms with Gasteiger partial charge in [0, 0.05) is 28.0 Å². The highest BCUT2D eigenvalue weighted by Crippen LogP contribution is 2.44. The molecule has 2 aliphatic rings. The van der Waals surface area contributed by atoms with Crippen LogP contribution in [0.1, 0.15) is 57.1 Å². The highest BCUT2D eigenvalue weighted by atomic mass is 35.5. The van der Waals surface area contributed by atoms with Crippen molar-refractivity contribution in [2.24, 2.45) is 0 Å². The molecule has 33 heavy (non-hydrogen) atoms. The summed E-state index contributed by atoms with van der Waals surface area (Å²) in [6.07, 6.45) is 4.30. The summed E-state index contributed by atoms with van der Waals surface area (Å²) in [5, 5.41) is 16.8. The number of aromatic amines is 1. The molecule has 0 saturated heterocycles. The number of carbonyl (C=O) groups excluding carboxylic acids is 3. The molecule has 3 N–H and O–H groups in total. The Morgan fingerprint density at radius 2 is 1.88 bits per heavy atom. The van der Waals surface area contributed by atoms with Crippen molar-refractivity contribution in [2.45, 2.75) is 44.7 Å². The Hall–Kier alpha value is -3.17. The number of aromatic nitrogens is 4. The van der Waals surface area contributed by atoms with Crippen molar-refractivity contribution < 1.29 is 14.4 Å². The van der Waals surface area contributed by atoms with Crippen molar-refractivity contribution in [2.75, 3.05) is 5.32 Å². The predicted octanol–water partition coefficient (Wildman–Crippen LogP) is 3.41. The number of ketones is 1. The molecule has 1 aliphatic carbocycles. The Balaban J connectivity index is 1.43. The van der Waals surface area contributed by atoms with Gasteiger partial charge in [0.25, 0.3) is 17.6 Å². The SMILES string of the molecule is Cc1c(C(=O)C(=O)NC2(c3cn[nH]n3)CC2)c2n(c1C(=O)Nc1cc(Cl)cc(Cl)c1)CCC2. The number of H-pyrrole nitrogens is 1. The zero-order valence-electron chi connectivity index (χ0n) is 17.7. The standard InChI is InChI=1S/C22H20Cl2N6O3/c1-11-17(19(31)21(33)27-22(4-5-22)16-10-25-29-28-16)15-3-2-6-30(15)18(11)20(32)26-14-8-12(23)7-13(24)9-14/h7-10H,2-6H2,1H3,(H,26,32)(H,27,33)(H,25,28,29). The van der Waals surface area contributed by atoms with Crippen molar-refractivity contribution in [1.82, 2.24) is 25.3 Å². The van der Waals surface area contributed by atoms with E-state index in [1.165, 1.54) is 0 Å². The quantitative estimate of drug-likeness (QED) is 0.364. The third-order valence-electron chi connectivity index (χ3n) is 6.19. The minimum Gasteiger partial charge on any atom is -0.340 e. The Kier molecular flexibility index (Phi) is 5.25. The summed E-state index contributed by atoms with van der Waals surface area (Å²) >= 11 is 12.1. The van der Waals surface area contributed by atoms with E-state index >= 15 is 0 Å². The molecule has 5 rings (SSSR count). The highest BCUT2D eigenvalue weighted by molar-refractivity contribution is 6.44. The van der Waals surface area contributed by atoms with Crippen molar-refractivity contribution in [3.63, 3.8) is 0 Å². The van der Waals surface area contributed by atoms with Crippen LogP contribution >= 0.6 is 23.2 Å². The lowest BCUT2D eigenvalue weighted by Gasteiger charge is -2.14. The number of fused-ring (bicyclic) bond motifs is 1. The third kappa shape index (κ3) is 3.81. The van der Waals surface area contributed by atoms with Gasteiger partial charge in [0.15, 0.2) is 0 Å². The van der Waals surface area contributed by atoms with Gasteiger partial charge in [-0.3, -0.25) is 14.4 Å². The van der Waals surface area contributed by atoms with Crippen LogP contribution in [-0.2, 0) is 23.3 Å². The van der Waals surface area contributed by atoms with Crippen LogP contribution in [0.3, 0.4) is 0 Å². The maximum absolute atomic E-state index is 13.2. The number of carbonyl (C=O) groups is 3. The van der Waals surface area contributed by atoms with Crippen molar-refractivity contribution in [3.8, 4) is 0 Å². The summed E-state index contributed by atoms with van der Waals surface area (Å²) < 4.78 is 1.82. The van der Waals surface area contributed by atoms with Crippen LogP contribution in [0.25, 0.3) is 0 Å². The zero-order valence-corrected chi connectivity index (χ0v) is 19.2. The molecule has 1 fully saturated rings. The van der Waals surface area contributed by atoms with E-state index in [4.69, 9.17) is 23.2 Å². The fraction of sp³-hybridized carbons (Fsp3) is 0.318. The number of rotatable bonds is 6. The number of anilines is 1. The molecule has 0 spiro atoms. The molecule has 0 radical (unpaired) electrons. The van der Waals surface area contributed by atoms with E-state index in [1.54, 1.807) is 31.3 Å². The van der Waals surface area contributed by atoms with Crippen molar-refractivity contribution >= 4 is 46.5 Å². The smallest absolute Gasteiger partial charge is 0.293 e. The van der Waals surface area contributed by atoms with Crippen LogP contribution in [0.4, 0.5) is 5.69 Å². The lowest BCUT2D eigenvalue weighted by Crippen LogP contribution is -2.40. The van der Waals surface area contributed by atoms with E-state index in [2.05, 4.69) is 26.0 Å². The normalized spacial score (nSPS) is 15.7. The minimum absolute atomic E-state index is 0.287. The summed E-state index contributed by atoms with van der Waals surface area (Å²) in [5.41, 5.74) is 2.20. The molecule has 2 amide bonds. The number of benzene rings is 1. The lowest BCUT2D eigenvalue weighted by molar-refractivity contribution is -0.118. The summed E-state index contributed by atoms with van der Waals surface area (Å²) in [6.45, 7) is 2.28. The van der Waals surface area contributed by atoms with E-state index in [9.17, 15) is 14.4 Å². The first kappa shape index (κ1) is 21.7. The van der Waals surface area contributed by atoms with Crippen LogP contribution in [0.5, 0.6) is 0 Å². The molecule has 0 atom stereocenters.